The van der Waals surface area contributed by atoms with Gasteiger partial charge in [0.2, 0.25) is 0 Å². The third kappa shape index (κ3) is 6.58. The molecule has 1 spiro atoms. The van der Waals surface area contributed by atoms with Gasteiger partial charge in [0.25, 0.3) is 0 Å². The van der Waals surface area contributed by atoms with Gasteiger partial charge >= 0.3 is 0 Å². The lowest BCUT2D eigenvalue weighted by atomic mass is 9.60. The summed E-state index contributed by atoms with van der Waals surface area (Å²) in [7, 11) is 0. The molecule has 3 atom stereocenters. The van der Waals surface area contributed by atoms with Crippen LogP contribution in [0.4, 0.5) is 0 Å². The van der Waals surface area contributed by atoms with Crippen LogP contribution >= 0.6 is 0 Å². The van der Waals surface area contributed by atoms with Crippen molar-refractivity contribution in [3.05, 3.63) is 248 Å². The molecule has 10 aromatic rings. The first-order chi connectivity index (χ1) is 33.7. The Labute approximate surface area is 394 Å². The number of rotatable bonds is 7. The standard InChI is InChI=1S/C61H40N6O/c1-3-15-40(16-4-1)58-65-59(41-17-5-2-6-18-41)67-60(66-58)42-27-25-39(26-28-42)43-29-31-46-47-32-30-44(45-37-54(52-21-11-13-33-62-52)64-55(38-45)53-22-12-14-34-63-53)36-51(47)61(50(46)35-43)48-19-7-9-23-56(48)68-57-24-10-8-20-49(57)61/h1-38,48,56H. The maximum atomic E-state index is 6.86. The molecule has 7 nitrogen and oxygen atoms in total. The molecule has 5 heterocycles. The van der Waals surface area contributed by atoms with Crippen LogP contribution in [0.2, 0.25) is 0 Å². The lowest BCUT2D eigenvalue weighted by Gasteiger charge is -2.47. The van der Waals surface area contributed by atoms with E-state index in [0.717, 1.165) is 73.0 Å². The van der Waals surface area contributed by atoms with Crippen molar-refractivity contribution >= 4 is 0 Å². The van der Waals surface area contributed by atoms with Crippen molar-refractivity contribution in [1.82, 2.24) is 29.9 Å². The summed E-state index contributed by atoms with van der Waals surface area (Å²) in [6, 6.07) is 67.6. The Morgan fingerprint density at radius 2 is 0.838 bits per heavy atom. The molecule has 0 amide bonds. The Hall–Kier alpha value is -8.94. The number of pyridine rings is 3. The predicted octanol–water partition coefficient (Wildman–Crippen LogP) is 13.5. The van der Waals surface area contributed by atoms with E-state index in [1.54, 1.807) is 0 Å². The van der Waals surface area contributed by atoms with E-state index in [-0.39, 0.29) is 12.0 Å². The second kappa shape index (κ2) is 16.2. The molecule has 3 unspecified atom stereocenters. The fourth-order valence-electron chi connectivity index (χ4n) is 10.4. The van der Waals surface area contributed by atoms with Crippen molar-refractivity contribution in [3.63, 3.8) is 0 Å². The van der Waals surface area contributed by atoms with Crippen LogP contribution in [0, 0.1) is 5.92 Å². The van der Waals surface area contributed by atoms with Gasteiger partial charge in [-0.15, -0.1) is 0 Å². The molecule has 320 valence electrons. The summed E-state index contributed by atoms with van der Waals surface area (Å²) in [6.07, 6.45) is 12.3. The number of nitrogens with zero attached hydrogens (tertiary/aromatic N) is 6. The first-order valence-corrected chi connectivity index (χ1v) is 22.9. The smallest absolute Gasteiger partial charge is 0.164 e. The summed E-state index contributed by atoms with van der Waals surface area (Å²) in [5, 5.41) is 0. The minimum Gasteiger partial charge on any atom is -0.485 e. The predicted molar refractivity (Wildman–Crippen MR) is 269 cm³/mol. The molecule has 13 rings (SSSR count). The highest BCUT2D eigenvalue weighted by Crippen LogP contribution is 2.62. The second-order valence-electron chi connectivity index (χ2n) is 17.4. The second-order valence-corrected chi connectivity index (χ2v) is 17.4. The maximum Gasteiger partial charge on any atom is 0.164 e. The summed E-state index contributed by atoms with van der Waals surface area (Å²) >= 11 is 0. The zero-order chi connectivity index (χ0) is 45.0. The molecule has 1 aliphatic heterocycles. The van der Waals surface area contributed by atoms with Crippen LogP contribution in [0.25, 0.3) is 90.3 Å². The molecule has 0 bridgehead atoms. The Balaban J connectivity index is 0.960. The number of benzene rings is 6. The van der Waals surface area contributed by atoms with Gasteiger partial charge in [0.15, 0.2) is 17.5 Å². The monoisotopic (exact) mass is 872 g/mol. The molecule has 0 saturated heterocycles. The van der Waals surface area contributed by atoms with Gasteiger partial charge in [-0.1, -0.05) is 158 Å². The number of hydrogen-bond donors (Lipinski definition) is 0. The van der Waals surface area contributed by atoms with Gasteiger partial charge in [-0.25, -0.2) is 19.9 Å². The lowest BCUT2D eigenvalue weighted by Crippen LogP contribution is -2.47. The zero-order valence-corrected chi connectivity index (χ0v) is 36.7. The molecule has 6 aromatic carbocycles. The minimum absolute atomic E-state index is 0.0256. The van der Waals surface area contributed by atoms with E-state index in [0.29, 0.717) is 17.5 Å². The third-order valence-electron chi connectivity index (χ3n) is 13.5. The SMILES string of the molecule is C1=CC2Oc3ccccc3C3(c4cc(-c5ccc(-c6nc(-c7ccccc7)nc(-c7ccccc7)n6)cc5)ccc4-c4ccc(-c5cc(-c6ccccn6)nc(-c6ccccn6)c5)cc43)C2C=C1. The van der Waals surface area contributed by atoms with Crippen LogP contribution in [0.1, 0.15) is 16.7 Å². The molecule has 3 aliphatic rings. The van der Waals surface area contributed by atoms with Crippen molar-refractivity contribution in [2.75, 3.05) is 0 Å². The molecular weight excluding hydrogens is 833 g/mol. The van der Waals surface area contributed by atoms with Crippen molar-refractivity contribution in [1.29, 1.82) is 0 Å². The fourth-order valence-corrected chi connectivity index (χ4v) is 10.4. The van der Waals surface area contributed by atoms with E-state index in [1.807, 2.05) is 109 Å². The van der Waals surface area contributed by atoms with E-state index in [4.69, 9.17) is 34.6 Å². The Kier molecular flexibility index (Phi) is 9.39. The average Bonchev–Trinajstić information content (AvgIpc) is 3.70. The molecule has 7 heteroatoms. The highest BCUT2D eigenvalue weighted by Gasteiger charge is 2.56. The summed E-state index contributed by atoms with van der Waals surface area (Å²) in [5.41, 5.74) is 15.8. The van der Waals surface area contributed by atoms with Crippen LogP contribution in [0.15, 0.2) is 231 Å². The van der Waals surface area contributed by atoms with Crippen molar-refractivity contribution in [2.24, 2.45) is 5.92 Å². The van der Waals surface area contributed by atoms with Crippen LogP contribution in [0.5, 0.6) is 5.75 Å². The van der Waals surface area contributed by atoms with Gasteiger partial charge in [0.05, 0.1) is 28.2 Å². The molecule has 0 N–H and O–H groups in total. The molecule has 0 radical (unpaired) electrons. The zero-order valence-electron chi connectivity index (χ0n) is 36.7. The normalized spacial score (nSPS) is 17.2. The summed E-state index contributed by atoms with van der Waals surface area (Å²) in [6.45, 7) is 0. The summed E-state index contributed by atoms with van der Waals surface area (Å²) in [5.74, 6) is 2.77. The first-order valence-electron chi connectivity index (χ1n) is 22.9. The van der Waals surface area contributed by atoms with E-state index in [9.17, 15) is 0 Å². The van der Waals surface area contributed by atoms with Crippen LogP contribution < -0.4 is 4.74 Å². The quantitative estimate of drug-likeness (QED) is 0.158. The number of fused-ring (bicyclic) bond motifs is 9. The summed E-state index contributed by atoms with van der Waals surface area (Å²) < 4.78 is 6.86. The molecule has 2 aliphatic carbocycles. The number of allylic oxidation sites excluding steroid dienone is 2. The van der Waals surface area contributed by atoms with E-state index < -0.39 is 5.41 Å². The molecule has 0 fully saturated rings. The maximum absolute atomic E-state index is 6.86. The van der Waals surface area contributed by atoms with Gasteiger partial charge in [0.1, 0.15) is 11.9 Å². The third-order valence-corrected chi connectivity index (χ3v) is 13.5. The Morgan fingerprint density at radius 3 is 1.41 bits per heavy atom. The highest BCUT2D eigenvalue weighted by atomic mass is 16.5. The topological polar surface area (TPSA) is 86.6 Å². The molecular formula is C61H40N6O. The minimum atomic E-state index is -0.579. The van der Waals surface area contributed by atoms with Gasteiger partial charge < -0.3 is 4.74 Å². The highest BCUT2D eigenvalue weighted by molar-refractivity contribution is 5.90. The number of ether oxygens (including phenoxy) is 1. The lowest BCUT2D eigenvalue weighted by molar-refractivity contribution is 0.141. The van der Waals surface area contributed by atoms with Crippen LogP contribution in [-0.4, -0.2) is 36.0 Å². The van der Waals surface area contributed by atoms with Crippen molar-refractivity contribution in [3.8, 4) is 96.1 Å². The molecule has 4 aromatic heterocycles. The van der Waals surface area contributed by atoms with Gasteiger partial charge in [-0.05, 0) is 105 Å². The first kappa shape index (κ1) is 39.4. The number of para-hydroxylation sites is 1. The van der Waals surface area contributed by atoms with Crippen LogP contribution in [-0.2, 0) is 5.41 Å². The van der Waals surface area contributed by atoms with Gasteiger partial charge in [-0.2, -0.15) is 0 Å². The Morgan fingerprint density at radius 1 is 0.353 bits per heavy atom. The number of hydrogen-bond acceptors (Lipinski definition) is 7. The number of aromatic nitrogens is 6. The van der Waals surface area contributed by atoms with E-state index in [1.165, 1.54) is 22.3 Å². The summed E-state index contributed by atoms with van der Waals surface area (Å²) in [4.78, 5) is 29.4. The molecule has 0 saturated carbocycles. The largest absolute Gasteiger partial charge is 0.485 e. The van der Waals surface area contributed by atoms with Crippen LogP contribution in [0.3, 0.4) is 0 Å². The van der Waals surface area contributed by atoms with Gasteiger partial charge in [0, 0.05) is 40.6 Å². The van der Waals surface area contributed by atoms with E-state index in [2.05, 4.69) is 121 Å². The van der Waals surface area contributed by atoms with Gasteiger partial charge in [-0.3, -0.25) is 9.97 Å². The molecule has 68 heavy (non-hydrogen) atoms. The van der Waals surface area contributed by atoms with Crippen molar-refractivity contribution < 1.29 is 4.74 Å². The average molecular weight is 873 g/mol. The van der Waals surface area contributed by atoms with Crippen molar-refractivity contribution in [2.45, 2.75) is 11.5 Å². The Bertz CT molecular complexity index is 3480. The fraction of sp³-hybridized carbons (Fsp3) is 0.0492. The van der Waals surface area contributed by atoms with E-state index >= 15 is 0 Å².